The molecule has 1 aromatic heterocycles. The molecule has 2 aromatic carbocycles. The molecule has 1 heterocycles. The SMILES string of the molecule is Cn1nc(C#N)cc1-c1cccc2ccccc12. The summed E-state index contributed by atoms with van der Waals surface area (Å²) >= 11 is 0. The van der Waals surface area contributed by atoms with Crippen molar-refractivity contribution >= 4 is 10.8 Å². The van der Waals surface area contributed by atoms with E-state index in [1.807, 2.05) is 31.3 Å². The summed E-state index contributed by atoms with van der Waals surface area (Å²) in [7, 11) is 1.86. The molecule has 0 fully saturated rings. The summed E-state index contributed by atoms with van der Waals surface area (Å²) in [5, 5.41) is 15.4. The molecule has 0 saturated carbocycles. The van der Waals surface area contributed by atoms with Gasteiger partial charge in [0.15, 0.2) is 5.69 Å². The smallest absolute Gasteiger partial charge is 0.163 e. The van der Waals surface area contributed by atoms with Crippen molar-refractivity contribution in [3.63, 3.8) is 0 Å². The predicted octanol–water partition coefficient (Wildman–Crippen LogP) is 3.11. The van der Waals surface area contributed by atoms with E-state index in [1.54, 1.807) is 4.68 Å². The lowest BCUT2D eigenvalue weighted by Crippen LogP contribution is -1.94. The standard InChI is InChI=1S/C15H11N3/c1-18-15(9-12(10-16)17-18)14-8-4-6-11-5-2-3-7-13(11)14/h2-9H,1H3. The van der Waals surface area contributed by atoms with Crippen LogP contribution in [0.15, 0.2) is 48.5 Å². The van der Waals surface area contributed by atoms with Gasteiger partial charge in [-0.05, 0) is 10.8 Å². The van der Waals surface area contributed by atoms with Gasteiger partial charge in [-0.25, -0.2) is 0 Å². The van der Waals surface area contributed by atoms with Gasteiger partial charge in [0.25, 0.3) is 0 Å². The first-order valence-corrected chi connectivity index (χ1v) is 5.72. The van der Waals surface area contributed by atoms with Crippen LogP contribution in [0.5, 0.6) is 0 Å². The third-order valence-corrected chi connectivity index (χ3v) is 3.06. The maximum Gasteiger partial charge on any atom is 0.163 e. The van der Waals surface area contributed by atoms with Crippen LogP contribution in [-0.2, 0) is 7.05 Å². The maximum atomic E-state index is 8.91. The minimum atomic E-state index is 0.445. The van der Waals surface area contributed by atoms with Crippen molar-refractivity contribution in [2.45, 2.75) is 0 Å². The van der Waals surface area contributed by atoms with Crippen molar-refractivity contribution in [3.05, 3.63) is 54.2 Å². The van der Waals surface area contributed by atoms with Crippen molar-refractivity contribution in [3.8, 4) is 17.3 Å². The molecule has 0 aliphatic rings. The molecule has 0 bridgehead atoms. The van der Waals surface area contributed by atoms with Crippen molar-refractivity contribution < 1.29 is 0 Å². The number of aromatic nitrogens is 2. The van der Waals surface area contributed by atoms with Crippen molar-refractivity contribution in [1.82, 2.24) is 9.78 Å². The fourth-order valence-electron chi connectivity index (χ4n) is 2.22. The van der Waals surface area contributed by atoms with Gasteiger partial charge in [0.1, 0.15) is 6.07 Å². The number of aryl methyl sites for hydroxylation is 1. The predicted molar refractivity (Wildman–Crippen MR) is 70.9 cm³/mol. The van der Waals surface area contributed by atoms with Crippen molar-refractivity contribution in [1.29, 1.82) is 5.26 Å². The fraction of sp³-hybridized carbons (Fsp3) is 0.0667. The third-order valence-electron chi connectivity index (χ3n) is 3.06. The molecule has 0 unspecified atom stereocenters. The van der Waals surface area contributed by atoms with Gasteiger partial charge < -0.3 is 0 Å². The van der Waals surface area contributed by atoms with E-state index in [0.717, 1.165) is 11.3 Å². The molecular formula is C15H11N3. The highest BCUT2D eigenvalue weighted by Gasteiger charge is 2.09. The minimum absolute atomic E-state index is 0.445. The van der Waals surface area contributed by atoms with Gasteiger partial charge in [0.2, 0.25) is 0 Å². The Morgan fingerprint density at radius 3 is 2.67 bits per heavy atom. The quantitative estimate of drug-likeness (QED) is 0.648. The van der Waals surface area contributed by atoms with Crippen LogP contribution in [0.1, 0.15) is 5.69 Å². The molecule has 3 rings (SSSR count). The van der Waals surface area contributed by atoms with E-state index in [9.17, 15) is 0 Å². The van der Waals surface area contributed by atoms with Crippen LogP contribution < -0.4 is 0 Å². The highest BCUT2D eigenvalue weighted by atomic mass is 15.3. The van der Waals surface area contributed by atoms with Gasteiger partial charge in [-0.3, -0.25) is 4.68 Å². The molecule has 3 nitrogen and oxygen atoms in total. The Labute approximate surface area is 105 Å². The van der Waals surface area contributed by atoms with Crippen LogP contribution in [0.25, 0.3) is 22.0 Å². The molecule has 0 atom stereocenters. The van der Waals surface area contributed by atoms with E-state index in [0.29, 0.717) is 5.69 Å². The Morgan fingerprint density at radius 2 is 1.89 bits per heavy atom. The number of benzene rings is 2. The van der Waals surface area contributed by atoms with Crippen molar-refractivity contribution in [2.24, 2.45) is 7.05 Å². The number of hydrogen-bond donors (Lipinski definition) is 0. The number of fused-ring (bicyclic) bond motifs is 1. The van der Waals surface area contributed by atoms with Crippen molar-refractivity contribution in [2.75, 3.05) is 0 Å². The largest absolute Gasteiger partial charge is 0.267 e. The van der Waals surface area contributed by atoms with Gasteiger partial charge >= 0.3 is 0 Å². The van der Waals surface area contributed by atoms with E-state index in [1.165, 1.54) is 10.8 Å². The summed E-state index contributed by atoms with van der Waals surface area (Å²) in [6.07, 6.45) is 0. The first kappa shape index (κ1) is 10.5. The second-order valence-electron chi connectivity index (χ2n) is 4.18. The highest BCUT2D eigenvalue weighted by Crippen LogP contribution is 2.28. The van der Waals surface area contributed by atoms with Crippen LogP contribution in [0.2, 0.25) is 0 Å². The number of nitrogens with zero attached hydrogens (tertiary/aromatic N) is 3. The summed E-state index contributed by atoms with van der Waals surface area (Å²) in [6.45, 7) is 0. The summed E-state index contributed by atoms with van der Waals surface area (Å²) in [5.74, 6) is 0. The van der Waals surface area contributed by atoms with Gasteiger partial charge in [-0.2, -0.15) is 10.4 Å². The van der Waals surface area contributed by atoms with E-state index in [2.05, 4.69) is 35.4 Å². The summed E-state index contributed by atoms with van der Waals surface area (Å²) in [4.78, 5) is 0. The average molecular weight is 233 g/mol. The lowest BCUT2D eigenvalue weighted by Gasteiger charge is -2.06. The molecule has 18 heavy (non-hydrogen) atoms. The Balaban J connectivity index is 2.32. The molecule has 0 N–H and O–H groups in total. The maximum absolute atomic E-state index is 8.91. The number of nitriles is 1. The second kappa shape index (κ2) is 4.01. The second-order valence-corrected chi connectivity index (χ2v) is 4.18. The van der Waals surface area contributed by atoms with E-state index in [4.69, 9.17) is 5.26 Å². The van der Waals surface area contributed by atoms with Crippen LogP contribution in [0, 0.1) is 11.3 Å². The molecule has 0 radical (unpaired) electrons. The van der Waals surface area contributed by atoms with E-state index < -0.39 is 0 Å². The molecule has 0 aliphatic carbocycles. The molecular weight excluding hydrogens is 222 g/mol. The van der Waals surface area contributed by atoms with E-state index in [-0.39, 0.29) is 0 Å². The lowest BCUT2D eigenvalue weighted by molar-refractivity contribution is 0.771. The molecule has 0 aliphatic heterocycles. The zero-order valence-electron chi connectivity index (χ0n) is 9.96. The Morgan fingerprint density at radius 1 is 1.11 bits per heavy atom. The summed E-state index contributed by atoms with van der Waals surface area (Å²) in [5.41, 5.74) is 2.51. The Hall–Kier alpha value is -2.60. The molecule has 86 valence electrons. The summed E-state index contributed by atoms with van der Waals surface area (Å²) in [6, 6.07) is 18.3. The van der Waals surface area contributed by atoms with Gasteiger partial charge in [0.05, 0.1) is 5.69 Å². The lowest BCUT2D eigenvalue weighted by atomic mass is 10.0. The zero-order chi connectivity index (χ0) is 12.5. The fourth-order valence-corrected chi connectivity index (χ4v) is 2.22. The van der Waals surface area contributed by atoms with E-state index >= 15 is 0 Å². The minimum Gasteiger partial charge on any atom is -0.267 e. The summed E-state index contributed by atoms with van der Waals surface area (Å²) < 4.78 is 1.75. The first-order valence-electron chi connectivity index (χ1n) is 5.72. The van der Waals surface area contributed by atoms with Crippen LogP contribution in [-0.4, -0.2) is 9.78 Å². The van der Waals surface area contributed by atoms with Gasteiger partial charge in [-0.1, -0.05) is 42.5 Å². The first-order chi connectivity index (χ1) is 8.79. The van der Waals surface area contributed by atoms with Gasteiger partial charge in [-0.15, -0.1) is 0 Å². The highest BCUT2D eigenvalue weighted by molar-refractivity contribution is 5.95. The molecule has 3 aromatic rings. The van der Waals surface area contributed by atoms with Crippen LogP contribution >= 0.6 is 0 Å². The average Bonchev–Trinajstić information content (AvgIpc) is 2.79. The normalized spacial score (nSPS) is 10.4. The molecule has 0 saturated heterocycles. The Kier molecular flexibility index (Phi) is 2.35. The molecule has 0 spiro atoms. The molecule has 0 amide bonds. The van der Waals surface area contributed by atoms with Crippen LogP contribution in [0.4, 0.5) is 0 Å². The number of hydrogen-bond acceptors (Lipinski definition) is 2. The number of rotatable bonds is 1. The monoisotopic (exact) mass is 233 g/mol. The Bertz CT molecular complexity index is 757. The topological polar surface area (TPSA) is 41.6 Å². The van der Waals surface area contributed by atoms with Gasteiger partial charge in [0, 0.05) is 18.7 Å². The molecule has 3 heteroatoms. The van der Waals surface area contributed by atoms with Crippen LogP contribution in [0.3, 0.4) is 0 Å². The zero-order valence-corrected chi connectivity index (χ0v) is 9.96. The third kappa shape index (κ3) is 1.56.